The van der Waals surface area contributed by atoms with Crippen LogP contribution in [0, 0.1) is 10.1 Å². The molecule has 162 valence electrons. The first kappa shape index (κ1) is 21.8. The van der Waals surface area contributed by atoms with Crippen LogP contribution in [0.2, 0.25) is 0 Å². The molecule has 0 saturated carbocycles. The van der Waals surface area contributed by atoms with Crippen LogP contribution in [0.5, 0.6) is 11.5 Å². The maximum absolute atomic E-state index is 13.0. The van der Waals surface area contributed by atoms with Crippen LogP contribution in [-0.2, 0) is 4.74 Å². The SMILES string of the molecule is CCCCO[C@@H]1Oc2ccc([N+](=O)[O-])cc2C(=O)/C1=C/Nc1ccc(C(=O)O)c(O)c1. The molecular formula is C21H20N2O8. The Kier molecular flexibility index (Phi) is 6.51. The highest BCUT2D eigenvalue weighted by Gasteiger charge is 2.34. The van der Waals surface area contributed by atoms with E-state index in [9.17, 15) is 24.8 Å². The van der Waals surface area contributed by atoms with Gasteiger partial charge in [-0.15, -0.1) is 0 Å². The molecule has 0 aromatic heterocycles. The molecule has 31 heavy (non-hydrogen) atoms. The molecule has 2 aromatic carbocycles. The monoisotopic (exact) mass is 428 g/mol. The Balaban J connectivity index is 1.92. The molecule has 0 fully saturated rings. The number of carbonyl (C=O) groups is 2. The Morgan fingerprint density at radius 3 is 2.74 bits per heavy atom. The van der Waals surface area contributed by atoms with E-state index < -0.39 is 28.7 Å². The maximum atomic E-state index is 13.0. The molecule has 1 aliphatic heterocycles. The number of nitro groups is 1. The van der Waals surface area contributed by atoms with Crippen molar-refractivity contribution in [2.45, 2.75) is 26.1 Å². The van der Waals surface area contributed by atoms with E-state index in [0.29, 0.717) is 12.3 Å². The molecule has 3 N–H and O–H groups in total. The van der Waals surface area contributed by atoms with Gasteiger partial charge in [0, 0.05) is 30.1 Å². The number of unbranched alkanes of at least 4 members (excludes halogenated alkanes) is 1. The van der Waals surface area contributed by atoms with Gasteiger partial charge in [-0.25, -0.2) is 4.79 Å². The lowest BCUT2D eigenvalue weighted by molar-refractivity contribution is -0.384. The summed E-state index contributed by atoms with van der Waals surface area (Å²) in [6, 6.07) is 7.57. The van der Waals surface area contributed by atoms with Gasteiger partial charge in [-0.05, 0) is 24.6 Å². The van der Waals surface area contributed by atoms with Crippen LogP contribution in [0.1, 0.15) is 40.5 Å². The van der Waals surface area contributed by atoms with E-state index in [-0.39, 0.29) is 28.1 Å². The number of nitrogens with zero attached hydrogens (tertiary/aromatic N) is 1. The summed E-state index contributed by atoms with van der Waals surface area (Å²) in [6.07, 6.45) is 1.89. The molecule has 1 atom stereocenters. The van der Waals surface area contributed by atoms with Crippen molar-refractivity contribution in [3.63, 3.8) is 0 Å². The first-order valence-electron chi connectivity index (χ1n) is 9.46. The van der Waals surface area contributed by atoms with Crippen molar-refractivity contribution in [3.8, 4) is 11.5 Å². The van der Waals surface area contributed by atoms with Crippen LogP contribution in [0.3, 0.4) is 0 Å². The molecule has 0 spiro atoms. The zero-order valence-corrected chi connectivity index (χ0v) is 16.5. The largest absolute Gasteiger partial charge is 0.507 e. The van der Waals surface area contributed by atoms with E-state index in [1.165, 1.54) is 36.5 Å². The fourth-order valence-electron chi connectivity index (χ4n) is 2.91. The van der Waals surface area contributed by atoms with Gasteiger partial charge in [-0.1, -0.05) is 13.3 Å². The number of phenols is 1. The number of non-ortho nitro benzene ring substituents is 1. The van der Waals surface area contributed by atoms with Crippen molar-refractivity contribution in [2.75, 3.05) is 11.9 Å². The fraction of sp³-hybridized carbons (Fsp3) is 0.238. The Bertz CT molecular complexity index is 1060. The summed E-state index contributed by atoms with van der Waals surface area (Å²) in [6.45, 7) is 2.32. The number of aromatic carboxylic acids is 1. The van der Waals surface area contributed by atoms with E-state index in [1.807, 2.05) is 6.92 Å². The van der Waals surface area contributed by atoms with Crippen molar-refractivity contribution in [1.29, 1.82) is 0 Å². The lowest BCUT2D eigenvalue weighted by Gasteiger charge is -2.27. The lowest BCUT2D eigenvalue weighted by Crippen LogP contribution is -2.33. The van der Waals surface area contributed by atoms with Crippen LogP contribution >= 0.6 is 0 Å². The molecule has 1 aliphatic rings. The number of rotatable bonds is 8. The highest BCUT2D eigenvalue weighted by molar-refractivity contribution is 6.12. The summed E-state index contributed by atoms with van der Waals surface area (Å²) >= 11 is 0. The van der Waals surface area contributed by atoms with E-state index in [4.69, 9.17) is 14.6 Å². The van der Waals surface area contributed by atoms with Crippen LogP contribution in [0.15, 0.2) is 48.2 Å². The van der Waals surface area contributed by atoms with Crippen molar-refractivity contribution < 1.29 is 34.2 Å². The predicted molar refractivity (Wildman–Crippen MR) is 109 cm³/mol. The van der Waals surface area contributed by atoms with E-state index in [2.05, 4.69) is 5.32 Å². The number of nitrogens with one attached hydrogen (secondary N) is 1. The number of Topliss-reactive ketones (excluding diaryl/α,β-unsaturated/α-hetero) is 1. The van der Waals surface area contributed by atoms with Gasteiger partial charge in [0.05, 0.1) is 22.7 Å². The summed E-state index contributed by atoms with van der Waals surface area (Å²) in [5, 5.41) is 32.7. The fourth-order valence-corrected chi connectivity index (χ4v) is 2.91. The summed E-state index contributed by atoms with van der Waals surface area (Å²) in [4.78, 5) is 34.5. The number of ketones is 1. The number of carboxylic acids is 1. The van der Waals surface area contributed by atoms with Gasteiger partial charge in [0.15, 0.2) is 0 Å². The quantitative estimate of drug-likeness (QED) is 0.247. The van der Waals surface area contributed by atoms with Gasteiger partial charge in [0.2, 0.25) is 12.1 Å². The average molecular weight is 428 g/mol. The second kappa shape index (κ2) is 9.26. The maximum Gasteiger partial charge on any atom is 0.339 e. The number of ether oxygens (including phenoxy) is 2. The number of hydrogen-bond donors (Lipinski definition) is 3. The molecule has 0 bridgehead atoms. The molecular weight excluding hydrogens is 408 g/mol. The molecule has 3 rings (SSSR count). The minimum atomic E-state index is -1.28. The third-order valence-corrected chi connectivity index (χ3v) is 4.56. The van der Waals surface area contributed by atoms with Crippen LogP contribution in [-0.4, -0.2) is 39.8 Å². The molecule has 1 heterocycles. The van der Waals surface area contributed by atoms with Gasteiger partial charge in [0.1, 0.15) is 17.1 Å². The third kappa shape index (κ3) is 4.81. The summed E-state index contributed by atoms with van der Waals surface area (Å²) in [7, 11) is 0. The number of anilines is 1. The van der Waals surface area contributed by atoms with Gasteiger partial charge in [-0.2, -0.15) is 0 Å². The number of benzene rings is 2. The molecule has 0 amide bonds. The third-order valence-electron chi connectivity index (χ3n) is 4.56. The first-order chi connectivity index (χ1) is 14.8. The first-order valence-corrected chi connectivity index (χ1v) is 9.46. The Morgan fingerprint density at radius 1 is 1.32 bits per heavy atom. The zero-order valence-electron chi connectivity index (χ0n) is 16.5. The Morgan fingerprint density at radius 2 is 2.10 bits per heavy atom. The summed E-state index contributed by atoms with van der Waals surface area (Å²) < 4.78 is 11.4. The van der Waals surface area contributed by atoms with Crippen molar-refractivity contribution in [1.82, 2.24) is 0 Å². The number of fused-ring (bicyclic) bond motifs is 1. The minimum Gasteiger partial charge on any atom is -0.507 e. The second-order valence-electron chi connectivity index (χ2n) is 6.72. The molecule has 0 aliphatic carbocycles. The highest BCUT2D eigenvalue weighted by atomic mass is 16.7. The van der Waals surface area contributed by atoms with Crippen molar-refractivity contribution >= 4 is 23.1 Å². The van der Waals surface area contributed by atoms with E-state index >= 15 is 0 Å². The highest BCUT2D eigenvalue weighted by Crippen LogP contribution is 2.34. The summed E-state index contributed by atoms with van der Waals surface area (Å²) in [5.74, 6) is -2.05. The van der Waals surface area contributed by atoms with Crippen LogP contribution < -0.4 is 10.1 Å². The Hall–Kier alpha value is -3.92. The summed E-state index contributed by atoms with van der Waals surface area (Å²) in [5.41, 5.74) is -0.0904. The van der Waals surface area contributed by atoms with Crippen molar-refractivity contribution in [2.24, 2.45) is 0 Å². The average Bonchev–Trinajstić information content (AvgIpc) is 2.73. The predicted octanol–water partition coefficient (Wildman–Crippen LogP) is 3.71. The number of aromatic hydroxyl groups is 1. The minimum absolute atomic E-state index is 0.0293. The van der Waals surface area contributed by atoms with Crippen LogP contribution in [0.4, 0.5) is 11.4 Å². The van der Waals surface area contributed by atoms with Gasteiger partial charge in [-0.3, -0.25) is 14.9 Å². The molecule has 0 radical (unpaired) electrons. The molecule has 10 nitrogen and oxygen atoms in total. The molecule has 10 heteroatoms. The second-order valence-corrected chi connectivity index (χ2v) is 6.72. The van der Waals surface area contributed by atoms with Gasteiger partial charge < -0.3 is 25.0 Å². The number of carbonyl (C=O) groups excluding carboxylic acids is 1. The van der Waals surface area contributed by atoms with E-state index in [1.54, 1.807) is 0 Å². The van der Waals surface area contributed by atoms with Crippen molar-refractivity contribution in [3.05, 3.63) is 69.4 Å². The van der Waals surface area contributed by atoms with Gasteiger partial charge >= 0.3 is 5.97 Å². The molecule has 0 unspecified atom stereocenters. The standard InChI is InChI=1S/C21H20N2O8/c1-2-3-8-30-21-16(11-22-12-4-6-14(20(26)27)17(24)9-12)19(25)15-10-13(23(28)29)5-7-18(15)31-21/h4-7,9-11,21-22,24H,2-3,8H2,1H3,(H,26,27)/b16-11-/t21-/m1/s1. The van der Waals surface area contributed by atoms with Crippen LogP contribution in [0.25, 0.3) is 0 Å². The molecule has 2 aromatic rings. The lowest BCUT2D eigenvalue weighted by atomic mass is 9.99. The molecule has 0 saturated heterocycles. The van der Waals surface area contributed by atoms with E-state index in [0.717, 1.165) is 18.9 Å². The number of nitro benzene ring substituents is 1. The number of carboxylic acid groups (broad SMARTS) is 1. The zero-order chi connectivity index (χ0) is 22.5. The Labute approximate surface area is 176 Å². The topological polar surface area (TPSA) is 148 Å². The van der Waals surface area contributed by atoms with Gasteiger partial charge in [0.25, 0.3) is 5.69 Å². The smallest absolute Gasteiger partial charge is 0.339 e. The normalized spacial score (nSPS) is 16.5. The number of hydrogen-bond acceptors (Lipinski definition) is 8.